The summed E-state index contributed by atoms with van der Waals surface area (Å²) >= 11 is 6.29. The number of amides is 1. The molecule has 2 atom stereocenters. The van der Waals surface area contributed by atoms with E-state index in [1.165, 1.54) is 32.4 Å². The van der Waals surface area contributed by atoms with Gasteiger partial charge in [0.2, 0.25) is 15.6 Å². The third kappa shape index (κ3) is 5.11. The predicted molar refractivity (Wildman–Crippen MR) is 137 cm³/mol. The van der Waals surface area contributed by atoms with Crippen molar-refractivity contribution >= 4 is 38.5 Å². The fraction of sp³-hybridized carbons (Fsp3) is 0.360. The Bertz CT molecular complexity index is 1520. The minimum absolute atomic E-state index is 0.0836. The van der Waals surface area contributed by atoms with Crippen molar-refractivity contribution < 1.29 is 36.6 Å². The normalized spacial score (nSPS) is 19.2. The maximum atomic E-state index is 13.2. The van der Waals surface area contributed by atoms with Crippen LogP contribution in [0.3, 0.4) is 0 Å². The summed E-state index contributed by atoms with van der Waals surface area (Å²) in [5.41, 5.74) is -1.58. The van der Waals surface area contributed by atoms with Gasteiger partial charge in [0.15, 0.2) is 22.5 Å². The quantitative estimate of drug-likeness (QED) is 0.424. The van der Waals surface area contributed by atoms with Gasteiger partial charge in [-0.3, -0.25) is 9.59 Å². The van der Waals surface area contributed by atoms with E-state index in [0.29, 0.717) is 17.6 Å². The van der Waals surface area contributed by atoms with Crippen molar-refractivity contribution in [2.24, 2.45) is 0 Å². The van der Waals surface area contributed by atoms with Crippen LogP contribution in [-0.4, -0.2) is 53.1 Å². The molecule has 0 bridgehead atoms. The average Bonchev–Trinajstić information content (AvgIpc) is 2.84. The summed E-state index contributed by atoms with van der Waals surface area (Å²) in [7, 11) is -1.02. The van der Waals surface area contributed by atoms with Gasteiger partial charge < -0.3 is 23.4 Å². The SMILES string of the molecule is CCOC1CCC1(Oc1cc(OC)c(OC)cc1-c1cc(=O)c2cccc(Cl)c2o1)C(=O)NS(C)(=O)=O. The summed E-state index contributed by atoms with van der Waals surface area (Å²) in [6.45, 7) is 2.03. The van der Waals surface area contributed by atoms with Crippen LogP contribution in [0, 0.1) is 0 Å². The molecule has 1 heterocycles. The van der Waals surface area contributed by atoms with Crippen molar-refractivity contribution in [3.05, 3.63) is 51.6 Å². The van der Waals surface area contributed by atoms with E-state index in [0.717, 1.165) is 6.26 Å². The lowest BCUT2D eigenvalue weighted by Gasteiger charge is -2.46. The van der Waals surface area contributed by atoms with Gasteiger partial charge in [-0.25, -0.2) is 13.1 Å². The number of hydrogen-bond donors (Lipinski definition) is 1. The van der Waals surface area contributed by atoms with Crippen LogP contribution in [0.25, 0.3) is 22.3 Å². The summed E-state index contributed by atoms with van der Waals surface area (Å²) in [6, 6.07) is 9.10. The van der Waals surface area contributed by atoms with Crippen LogP contribution in [0.15, 0.2) is 45.6 Å². The summed E-state index contributed by atoms with van der Waals surface area (Å²) in [5.74, 6) is -0.124. The van der Waals surface area contributed by atoms with E-state index in [1.54, 1.807) is 25.1 Å². The average molecular weight is 552 g/mol. The summed E-state index contributed by atoms with van der Waals surface area (Å²) in [5, 5.41) is 0.525. The van der Waals surface area contributed by atoms with Crippen molar-refractivity contribution in [3.63, 3.8) is 0 Å². The number of fused-ring (bicyclic) bond motifs is 1. The van der Waals surface area contributed by atoms with Crippen LogP contribution >= 0.6 is 11.6 Å². The molecule has 198 valence electrons. The van der Waals surface area contributed by atoms with E-state index >= 15 is 0 Å². The van der Waals surface area contributed by atoms with E-state index in [1.807, 2.05) is 4.72 Å². The zero-order valence-electron chi connectivity index (χ0n) is 20.6. The Labute approximate surface area is 218 Å². The third-order valence-electron chi connectivity index (χ3n) is 6.08. The monoisotopic (exact) mass is 551 g/mol. The zero-order valence-corrected chi connectivity index (χ0v) is 22.2. The molecule has 0 aliphatic heterocycles. The van der Waals surface area contributed by atoms with Gasteiger partial charge in [-0.05, 0) is 31.5 Å². The molecule has 1 aromatic heterocycles. The number of nitrogens with one attached hydrogen (secondary N) is 1. The molecule has 12 heteroatoms. The highest BCUT2D eigenvalue weighted by Crippen LogP contribution is 2.46. The van der Waals surface area contributed by atoms with Crippen LogP contribution in [-0.2, 0) is 19.6 Å². The molecule has 1 aliphatic rings. The molecule has 1 amide bonds. The summed E-state index contributed by atoms with van der Waals surface area (Å²) < 4.78 is 54.6. The summed E-state index contributed by atoms with van der Waals surface area (Å²) in [6.07, 6.45) is 0.801. The molecule has 1 fully saturated rings. The summed E-state index contributed by atoms with van der Waals surface area (Å²) in [4.78, 5) is 26.1. The number of benzene rings is 2. The molecule has 0 saturated heterocycles. The number of carbonyl (C=O) groups is 1. The molecule has 10 nitrogen and oxygen atoms in total. The fourth-order valence-electron chi connectivity index (χ4n) is 4.23. The predicted octanol–water partition coefficient (Wildman–Crippen LogP) is 3.52. The Balaban J connectivity index is 1.92. The lowest BCUT2D eigenvalue weighted by molar-refractivity contribution is -0.175. The molecule has 0 spiro atoms. The third-order valence-corrected chi connectivity index (χ3v) is 6.93. The largest absolute Gasteiger partial charge is 0.493 e. The first-order chi connectivity index (χ1) is 17.5. The second-order valence-corrected chi connectivity index (χ2v) is 10.6. The molecule has 3 aromatic rings. The molecular weight excluding hydrogens is 526 g/mol. The highest BCUT2D eigenvalue weighted by molar-refractivity contribution is 7.89. The van der Waals surface area contributed by atoms with Crippen LogP contribution in [0.2, 0.25) is 5.02 Å². The highest BCUT2D eigenvalue weighted by atomic mass is 35.5. The molecule has 37 heavy (non-hydrogen) atoms. The van der Waals surface area contributed by atoms with Gasteiger partial charge in [0, 0.05) is 25.2 Å². The Morgan fingerprint density at radius 2 is 1.86 bits per heavy atom. The van der Waals surface area contributed by atoms with Gasteiger partial charge in [0.25, 0.3) is 5.91 Å². The molecule has 2 unspecified atom stereocenters. The molecular formula is C25H26ClNO9S. The van der Waals surface area contributed by atoms with Gasteiger partial charge in [-0.2, -0.15) is 0 Å². The van der Waals surface area contributed by atoms with Crippen molar-refractivity contribution in [3.8, 4) is 28.6 Å². The second-order valence-electron chi connectivity index (χ2n) is 8.47. The van der Waals surface area contributed by atoms with E-state index < -0.39 is 27.6 Å². The molecule has 1 N–H and O–H groups in total. The van der Waals surface area contributed by atoms with E-state index in [4.69, 9.17) is 35.0 Å². The van der Waals surface area contributed by atoms with Crippen LogP contribution in [0.5, 0.6) is 17.2 Å². The maximum absolute atomic E-state index is 13.2. The Morgan fingerprint density at radius 1 is 1.16 bits per heavy atom. The molecule has 0 radical (unpaired) electrons. The topological polar surface area (TPSA) is 130 Å². The first-order valence-corrected chi connectivity index (χ1v) is 13.6. The number of rotatable bonds is 9. The van der Waals surface area contributed by atoms with Crippen molar-refractivity contribution in [2.75, 3.05) is 27.1 Å². The van der Waals surface area contributed by atoms with Gasteiger partial charge in [-0.15, -0.1) is 0 Å². The first kappa shape index (κ1) is 26.8. The molecule has 1 aliphatic carbocycles. The number of hydrogen-bond acceptors (Lipinski definition) is 9. The smallest absolute Gasteiger partial charge is 0.280 e. The van der Waals surface area contributed by atoms with Crippen molar-refractivity contribution in [1.29, 1.82) is 0 Å². The molecule has 4 rings (SSSR count). The van der Waals surface area contributed by atoms with Gasteiger partial charge >= 0.3 is 0 Å². The minimum atomic E-state index is -3.89. The lowest BCUT2D eigenvalue weighted by atomic mass is 9.75. The molecule has 1 saturated carbocycles. The number of methoxy groups -OCH3 is 2. The Hall–Kier alpha value is -3.28. The number of ether oxygens (including phenoxy) is 4. The lowest BCUT2D eigenvalue weighted by Crippen LogP contribution is -2.66. The number of para-hydroxylation sites is 1. The number of halogens is 1. The van der Waals surface area contributed by atoms with Crippen LogP contribution in [0.1, 0.15) is 19.8 Å². The van der Waals surface area contributed by atoms with Gasteiger partial charge in [0.05, 0.1) is 36.4 Å². The molecule has 2 aromatic carbocycles. The zero-order chi connectivity index (χ0) is 27.0. The number of sulfonamides is 1. The second kappa shape index (κ2) is 10.2. The van der Waals surface area contributed by atoms with Crippen molar-refractivity contribution in [2.45, 2.75) is 31.5 Å². The van der Waals surface area contributed by atoms with E-state index in [-0.39, 0.29) is 51.9 Å². The minimum Gasteiger partial charge on any atom is -0.493 e. The number of carbonyl (C=O) groups excluding carboxylic acids is 1. The highest BCUT2D eigenvalue weighted by Gasteiger charge is 2.57. The Morgan fingerprint density at radius 3 is 2.46 bits per heavy atom. The van der Waals surface area contributed by atoms with Crippen LogP contribution in [0.4, 0.5) is 0 Å². The maximum Gasteiger partial charge on any atom is 0.280 e. The fourth-order valence-corrected chi connectivity index (χ4v) is 4.95. The van der Waals surface area contributed by atoms with E-state index in [9.17, 15) is 18.0 Å². The van der Waals surface area contributed by atoms with E-state index in [2.05, 4.69) is 0 Å². The van der Waals surface area contributed by atoms with Gasteiger partial charge in [0.1, 0.15) is 17.6 Å². The van der Waals surface area contributed by atoms with Crippen molar-refractivity contribution in [1.82, 2.24) is 4.72 Å². The Kier molecular flexibility index (Phi) is 7.40. The van der Waals surface area contributed by atoms with Gasteiger partial charge in [-0.1, -0.05) is 17.7 Å². The standard InChI is InChI=1S/C25H26ClNO9S/c1-5-34-22-9-10-25(22,24(29)27-37(4,30)31)36-19-13-21(33-3)20(32-2)11-15(19)18-12-17(28)14-7-6-8-16(26)23(14)35-18/h6-8,11-13,22H,5,9-10H2,1-4H3,(H,27,29). The van der Waals surface area contributed by atoms with Crippen LogP contribution < -0.4 is 24.4 Å². The first-order valence-electron chi connectivity index (χ1n) is 11.3.